The Balaban J connectivity index is 1.59. The van der Waals surface area contributed by atoms with E-state index in [9.17, 15) is 0 Å². The van der Waals surface area contributed by atoms with Crippen molar-refractivity contribution in [3.8, 4) is 0 Å². The number of likely N-dealkylation sites (tertiary alicyclic amines) is 1. The molecule has 2 atom stereocenters. The molecule has 0 radical (unpaired) electrons. The Morgan fingerprint density at radius 1 is 1.05 bits per heavy atom. The van der Waals surface area contributed by atoms with Crippen LogP contribution in [0.4, 0.5) is 0 Å². The number of fused-ring (bicyclic) bond motifs is 1. The van der Waals surface area contributed by atoms with E-state index in [1.807, 2.05) is 0 Å². The Morgan fingerprint density at radius 3 is 2.55 bits per heavy atom. The Morgan fingerprint density at radius 2 is 1.80 bits per heavy atom. The highest BCUT2D eigenvalue weighted by Gasteiger charge is 2.37. The average Bonchev–Trinajstić information content (AvgIpc) is 2.43. The summed E-state index contributed by atoms with van der Waals surface area (Å²) >= 11 is 0. The van der Waals surface area contributed by atoms with Gasteiger partial charge in [0.1, 0.15) is 0 Å². The minimum absolute atomic E-state index is 0.553. The van der Waals surface area contributed by atoms with Gasteiger partial charge in [-0.2, -0.15) is 0 Å². The molecule has 0 aromatic rings. The molecule has 0 amide bonds. The van der Waals surface area contributed by atoms with E-state index >= 15 is 0 Å². The highest BCUT2D eigenvalue weighted by Crippen LogP contribution is 2.34. The average molecular weight is 279 g/mol. The largest absolute Gasteiger partial charge is 0.306 e. The molecule has 0 aromatic heterocycles. The SMILES string of the molecule is CC1CN2CCCCC2CN1CC1(C)CCN(C)CC1. The second kappa shape index (κ2) is 5.94. The van der Waals surface area contributed by atoms with Crippen molar-refractivity contribution in [3.63, 3.8) is 0 Å². The predicted molar refractivity (Wildman–Crippen MR) is 85.1 cm³/mol. The van der Waals surface area contributed by atoms with Crippen molar-refractivity contribution in [3.05, 3.63) is 0 Å². The standard InChI is InChI=1S/C17H33N3/c1-15-12-19-9-5-4-6-16(19)13-20(15)14-17(2)7-10-18(3)11-8-17/h15-16H,4-14H2,1-3H3. The molecule has 3 aliphatic rings. The summed E-state index contributed by atoms with van der Waals surface area (Å²) in [5, 5.41) is 0. The second-order valence-electron chi connectivity index (χ2n) is 8.04. The van der Waals surface area contributed by atoms with Gasteiger partial charge in [0, 0.05) is 31.7 Å². The predicted octanol–water partition coefficient (Wildman–Crippen LogP) is 2.28. The lowest BCUT2D eigenvalue weighted by molar-refractivity contribution is -0.0154. The molecule has 3 saturated heterocycles. The van der Waals surface area contributed by atoms with Crippen LogP contribution in [0.2, 0.25) is 0 Å². The quantitative estimate of drug-likeness (QED) is 0.768. The van der Waals surface area contributed by atoms with Crippen molar-refractivity contribution in [2.24, 2.45) is 5.41 Å². The zero-order chi connectivity index (χ0) is 14.2. The first-order valence-corrected chi connectivity index (χ1v) is 8.72. The number of hydrogen-bond acceptors (Lipinski definition) is 3. The molecular weight excluding hydrogens is 246 g/mol. The van der Waals surface area contributed by atoms with Crippen LogP contribution in [0.25, 0.3) is 0 Å². The van der Waals surface area contributed by atoms with E-state index < -0.39 is 0 Å². The van der Waals surface area contributed by atoms with Gasteiger partial charge in [0.25, 0.3) is 0 Å². The Bertz CT molecular complexity index is 322. The third kappa shape index (κ3) is 3.20. The van der Waals surface area contributed by atoms with E-state index in [2.05, 4.69) is 35.6 Å². The monoisotopic (exact) mass is 279 g/mol. The molecule has 0 saturated carbocycles. The van der Waals surface area contributed by atoms with E-state index in [1.54, 1.807) is 0 Å². The second-order valence-corrected chi connectivity index (χ2v) is 8.04. The molecule has 3 aliphatic heterocycles. The van der Waals surface area contributed by atoms with Gasteiger partial charge < -0.3 is 4.90 Å². The van der Waals surface area contributed by atoms with Crippen LogP contribution < -0.4 is 0 Å². The summed E-state index contributed by atoms with van der Waals surface area (Å²) < 4.78 is 0. The van der Waals surface area contributed by atoms with Crippen LogP contribution in [-0.4, -0.2) is 73.1 Å². The third-order valence-electron chi connectivity index (χ3n) is 6.10. The zero-order valence-corrected chi connectivity index (χ0v) is 13.8. The van der Waals surface area contributed by atoms with Crippen molar-refractivity contribution in [2.45, 2.75) is 58.0 Å². The van der Waals surface area contributed by atoms with Crippen LogP contribution in [0.5, 0.6) is 0 Å². The summed E-state index contributed by atoms with van der Waals surface area (Å²) in [6, 6.07) is 1.61. The molecule has 0 bridgehead atoms. The zero-order valence-electron chi connectivity index (χ0n) is 13.8. The Hall–Kier alpha value is -0.120. The van der Waals surface area contributed by atoms with Gasteiger partial charge in [-0.25, -0.2) is 0 Å². The minimum atomic E-state index is 0.553. The Kier molecular flexibility index (Phi) is 4.40. The van der Waals surface area contributed by atoms with Crippen molar-refractivity contribution in [1.29, 1.82) is 0 Å². The van der Waals surface area contributed by atoms with E-state index in [1.165, 1.54) is 71.4 Å². The van der Waals surface area contributed by atoms with Crippen molar-refractivity contribution in [1.82, 2.24) is 14.7 Å². The van der Waals surface area contributed by atoms with Gasteiger partial charge in [-0.05, 0) is 64.7 Å². The molecule has 0 spiro atoms. The first kappa shape index (κ1) is 14.8. The normalized spacial score (nSPS) is 36.8. The van der Waals surface area contributed by atoms with Crippen LogP contribution in [0.3, 0.4) is 0 Å². The lowest BCUT2D eigenvalue weighted by atomic mass is 9.79. The summed E-state index contributed by atoms with van der Waals surface area (Å²) in [6.07, 6.45) is 7.06. The maximum Gasteiger partial charge on any atom is 0.0223 e. The number of piperazine rings is 1. The minimum Gasteiger partial charge on any atom is -0.306 e. The van der Waals surface area contributed by atoms with E-state index in [4.69, 9.17) is 0 Å². The maximum atomic E-state index is 2.82. The molecule has 3 heteroatoms. The molecule has 3 heterocycles. The van der Waals surface area contributed by atoms with Gasteiger partial charge in [-0.15, -0.1) is 0 Å². The third-order valence-corrected chi connectivity index (χ3v) is 6.10. The fourth-order valence-electron chi connectivity index (χ4n) is 4.44. The smallest absolute Gasteiger partial charge is 0.0223 e. The Labute approximate surface area is 125 Å². The lowest BCUT2D eigenvalue weighted by Gasteiger charge is -2.50. The lowest BCUT2D eigenvalue weighted by Crippen LogP contribution is -2.60. The van der Waals surface area contributed by atoms with Gasteiger partial charge >= 0.3 is 0 Å². The number of rotatable bonds is 2. The first-order valence-electron chi connectivity index (χ1n) is 8.72. The molecule has 3 nitrogen and oxygen atoms in total. The van der Waals surface area contributed by atoms with Crippen LogP contribution in [0.15, 0.2) is 0 Å². The molecule has 20 heavy (non-hydrogen) atoms. The highest BCUT2D eigenvalue weighted by atomic mass is 15.3. The molecule has 0 aromatic carbocycles. The van der Waals surface area contributed by atoms with E-state index in [0.29, 0.717) is 5.41 Å². The summed E-state index contributed by atoms with van der Waals surface area (Å²) in [4.78, 5) is 8.07. The molecule has 116 valence electrons. The maximum absolute atomic E-state index is 2.82. The van der Waals surface area contributed by atoms with E-state index in [0.717, 1.165) is 12.1 Å². The van der Waals surface area contributed by atoms with Crippen LogP contribution in [-0.2, 0) is 0 Å². The number of nitrogens with zero attached hydrogens (tertiary/aromatic N) is 3. The highest BCUT2D eigenvalue weighted by molar-refractivity contribution is 4.93. The van der Waals surface area contributed by atoms with Gasteiger partial charge in [-0.1, -0.05) is 13.3 Å². The van der Waals surface area contributed by atoms with Gasteiger partial charge in [0.2, 0.25) is 0 Å². The molecule has 2 unspecified atom stereocenters. The summed E-state index contributed by atoms with van der Waals surface area (Å²) in [5.74, 6) is 0. The molecule has 0 aliphatic carbocycles. The molecule has 3 fully saturated rings. The van der Waals surface area contributed by atoms with Crippen molar-refractivity contribution in [2.75, 3.05) is 46.3 Å². The van der Waals surface area contributed by atoms with Gasteiger partial charge in [0.15, 0.2) is 0 Å². The number of hydrogen-bond donors (Lipinski definition) is 0. The molecule has 0 N–H and O–H groups in total. The van der Waals surface area contributed by atoms with Crippen molar-refractivity contribution >= 4 is 0 Å². The first-order chi connectivity index (χ1) is 9.56. The van der Waals surface area contributed by atoms with Gasteiger partial charge in [-0.3, -0.25) is 9.80 Å². The van der Waals surface area contributed by atoms with Gasteiger partial charge in [0.05, 0.1) is 0 Å². The van der Waals surface area contributed by atoms with Crippen molar-refractivity contribution < 1.29 is 0 Å². The van der Waals surface area contributed by atoms with Crippen LogP contribution in [0.1, 0.15) is 46.0 Å². The fraction of sp³-hybridized carbons (Fsp3) is 1.00. The summed E-state index contributed by atoms with van der Waals surface area (Å²) in [5.41, 5.74) is 0.553. The molecular formula is C17H33N3. The summed E-state index contributed by atoms with van der Waals surface area (Å²) in [6.45, 7) is 12.9. The molecule has 3 rings (SSSR count). The van der Waals surface area contributed by atoms with Crippen LogP contribution in [0, 0.1) is 5.41 Å². The fourth-order valence-corrected chi connectivity index (χ4v) is 4.44. The van der Waals surface area contributed by atoms with E-state index in [-0.39, 0.29) is 0 Å². The topological polar surface area (TPSA) is 9.72 Å². The number of piperidine rings is 2. The summed E-state index contributed by atoms with van der Waals surface area (Å²) in [7, 11) is 2.27. The van der Waals surface area contributed by atoms with Crippen LogP contribution >= 0.6 is 0 Å².